The average Bonchev–Trinajstić information content (AvgIpc) is 2.83. The predicted octanol–water partition coefficient (Wildman–Crippen LogP) is 1.12. The van der Waals surface area contributed by atoms with Crippen LogP contribution in [-0.4, -0.2) is 23.0 Å². The Morgan fingerprint density at radius 3 is 2.65 bits per heavy atom. The SMILES string of the molecule is O=c1ccn2nc(S(=O)(=O)Cc3ccccc3)sc2n1. The van der Waals surface area contributed by atoms with Crippen molar-refractivity contribution < 1.29 is 8.42 Å². The van der Waals surface area contributed by atoms with Gasteiger partial charge in [-0.3, -0.25) is 4.79 Å². The fourth-order valence-corrected chi connectivity index (χ4v) is 4.19. The zero-order valence-corrected chi connectivity index (χ0v) is 11.8. The van der Waals surface area contributed by atoms with Crippen molar-refractivity contribution in [2.45, 2.75) is 10.1 Å². The van der Waals surface area contributed by atoms with E-state index in [1.54, 1.807) is 24.3 Å². The van der Waals surface area contributed by atoms with Crippen molar-refractivity contribution in [3.05, 3.63) is 58.5 Å². The van der Waals surface area contributed by atoms with Crippen LogP contribution in [0.1, 0.15) is 5.56 Å². The lowest BCUT2D eigenvalue weighted by Crippen LogP contribution is -2.06. The van der Waals surface area contributed by atoms with Crippen LogP contribution in [0.5, 0.6) is 0 Å². The standard InChI is InChI=1S/C12H9N3O3S2/c16-10-6-7-15-11(13-10)19-12(14-15)20(17,18)8-9-4-2-1-3-5-9/h1-7H,8H2. The summed E-state index contributed by atoms with van der Waals surface area (Å²) >= 11 is 0.890. The van der Waals surface area contributed by atoms with Crippen molar-refractivity contribution in [3.63, 3.8) is 0 Å². The first kappa shape index (κ1) is 12.9. The second-order valence-electron chi connectivity index (χ2n) is 4.11. The molecule has 8 heteroatoms. The first-order valence-corrected chi connectivity index (χ1v) is 8.15. The minimum atomic E-state index is -3.54. The molecule has 3 aromatic rings. The van der Waals surface area contributed by atoms with Gasteiger partial charge >= 0.3 is 0 Å². The molecule has 0 amide bonds. The minimum absolute atomic E-state index is 0.0422. The average molecular weight is 307 g/mol. The maximum absolute atomic E-state index is 12.3. The Hall–Kier alpha value is -2.06. The van der Waals surface area contributed by atoms with E-state index < -0.39 is 15.4 Å². The molecule has 0 unspecified atom stereocenters. The van der Waals surface area contributed by atoms with Gasteiger partial charge in [0.15, 0.2) is 0 Å². The molecule has 3 rings (SSSR count). The normalized spacial score (nSPS) is 11.8. The molecule has 0 aliphatic heterocycles. The molecule has 0 bridgehead atoms. The van der Waals surface area contributed by atoms with Gasteiger partial charge in [-0.05, 0) is 5.56 Å². The topological polar surface area (TPSA) is 81.4 Å². The van der Waals surface area contributed by atoms with Gasteiger partial charge in [0.1, 0.15) is 0 Å². The maximum Gasteiger partial charge on any atom is 0.273 e. The van der Waals surface area contributed by atoms with Crippen molar-refractivity contribution in [1.82, 2.24) is 14.6 Å². The lowest BCUT2D eigenvalue weighted by Gasteiger charge is -1.99. The van der Waals surface area contributed by atoms with Crippen LogP contribution in [-0.2, 0) is 15.6 Å². The van der Waals surface area contributed by atoms with Gasteiger partial charge in [0.2, 0.25) is 19.1 Å². The van der Waals surface area contributed by atoms with E-state index in [-0.39, 0.29) is 15.1 Å². The minimum Gasteiger partial charge on any atom is -0.267 e. The smallest absolute Gasteiger partial charge is 0.267 e. The van der Waals surface area contributed by atoms with Crippen LogP contribution in [0.4, 0.5) is 0 Å². The van der Waals surface area contributed by atoms with Crippen molar-refractivity contribution in [3.8, 4) is 0 Å². The zero-order valence-electron chi connectivity index (χ0n) is 10.1. The molecule has 0 aliphatic rings. The predicted molar refractivity (Wildman–Crippen MR) is 74.5 cm³/mol. The summed E-state index contributed by atoms with van der Waals surface area (Å²) < 4.78 is 25.8. The lowest BCUT2D eigenvalue weighted by molar-refractivity contribution is 0.592. The quantitative estimate of drug-likeness (QED) is 0.724. The van der Waals surface area contributed by atoms with Crippen molar-refractivity contribution in [1.29, 1.82) is 0 Å². The van der Waals surface area contributed by atoms with Gasteiger partial charge in [0.25, 0.3) is 5.56 Å². The number of hydrogen-bond donors (Lipinski definition) is 0. The third kappa shape index (κ3) is 2.47. The van der Waals surface area contributed by atoms with Gasteiger partial charge < -0.3 is 0 Å². The van der Waals surface area contributed by atoms with Crippen LogP contribution >= 0.6 is 11.3 Å². The molecule has 0 saturated heterocycles. The van der Waals surface area contributed by atoms with Crippen LogP contribution in [0, 0.1) is 0 Å². The van der Waals surface area contributed by atoms with Crippen LogP contribution in [0.25, 0.3) is 4.96 Å². The van der Waals surface area contributed by atoms with Gasteiger partial charge in [-0.2, -0.15) is 4.98 Å². The van der Waals surface area contributed by atoms with Gasteiger partial charge in [0.05, 0.1) is 5.75 Å². The summed E-state index contributed by atoms with van der Waals surface area (Å²) in [5.74, 6) is -0.127. The Kier molecular flexibility index (Phi) is 3.11. The molecule has 0 spiro atoms. The Labute approximate surface area is 118 Å². The number of sulfone groups is 1. The fourth-order valence-electron chi connectivity index (χ4n) is 1.69. The molecule has 0 aliphatic carbocycles. The summed E-state index contributed by atoms with van der Waals surface area (Å²) in [6.07, 6.45) is 1.41. The number of rotatable bonds is 3. The van der Waals surface area contributed by atoms with E-state index in [0.29, 0.717) is 5.56 Å². The first-order chi connectivity index (χ1) is 9.54. The van der Waals surface area contributed by atoms with Crippen LogP contribution in [0.3, 0.4) is 0 Å². The van der Waals surface area contributed by atoms with Gasteiger partial charge in [-0.25, -0.2) is 12.9 Å². The van der Waals surface area contributed by atoms with E-state index in [2.05, 4.69) is 10.1 Å². The van der Waals surface area contributed by atoms with E-state index in [1.165, 1.54) is 16.8 Å². The number of nitrogens with zero attached hydrogens (tertiary/aromatic N) is 3. The molecule has 1 aromatic carbocycles. The van der Waals surface area contributed by atoms with Crippen LogP contribution < -0.4 is 5.56 Å². The van der Waals surface area contributed by atoms with Crippen LogP contribution in [0.2, 0.25) is 0 Å². The molecule has 0 N–H and O–H groups in total. The monoisotopic (exact) mass is 307 g/mol. The number of benzene rings is 1. The Balaban J connectivity index is 2.03. The van der Waals surface area contributed by atoms with E-state index in [0.717, 1.165) is 11.3 Å². The molecule has 2 heterocycles. The third-order valence-electron chi connectivity index (χ3n) is 2.59. The van der Waals surface area contributed by atoms with Gasteiger partial charge in [0, 0.05) is 12.3 Å². The third-order valence-corrected chi connectivity index (χ3v) is 5.65. The highest BCUT2D eigenvalue weighted by Gasteiger charge is 2.21. The molecular weight excluding hydrogens is 298 g/mol. The number of aromatic nitrogens is 3. The molecule has 20 heavy (non-hydrogen) atoms. The zero-order chi connectivity index (χ0) is 14.2. The van der Waals surface area contributed by atoms with E-state index >= 15 is 0 Å². The summed E-state index contributed by atoms with van der Waals surface area (Å²) in [5.41, 5.74) is 0.273. The summed E-state index contributed by atoms with van der Waals surface area (Å²) in [6, 6.07) is 10.1. The molecule has 0 atom stereocenters. The van der Waals surface area contributed by atoms with Crippen molar-refractivity contribution >= 4 is 26.1 Å². The molecule has 0 saturated carbocycles. The molecule has 0 radical (unpaired) electrons. The second-order valence-corrected chi connectivity index (χ2v) is 7.22. The summed E-state index contributed by atoms with van der Waals surface area (Å²) in [6.45, 7) is 0. The lowest BCUT2D eigenvalue weighted by atomic mass is 10.2. The number of hydrogen-bond acceptors (Lipinski definition) is 6. The van der Waals surface area contributed by atoms with Gasteiger partial charge in [-0.1, -0.05) is 41.7 Å². The molecule has 102 valence electrons. The molecule has 2 aromatic heterocycles. The van der Waals surface area contributed by atoms with Crippen molar-refractivity contribution in [2.75, 3.05) is 0 Å². The highest BCUT2D eigenvalue weighted by molar-refractivity contribution is 7.92. The highest BCUT2D eigenvalue weighted by Crippen LogP contribution is 2.21. The van der Waals surface area contributed by atoms with E-state index in [4.69, 9.17) is 0 Å². The second kappa shape index (κ2) is 4.80. The summed E-state index contributed by atoms with van der Waals surface area (Å²) in [7, 11) is -3.54. The molecular formula is C12H9N3O3S2. The molecule has 6 nitrogen and oxygen atoms in total. The largest absolute Gasteiger partial charge is 0.273 e. The Bertz CT molecular complexity index is 914. The van der Waals surface area contributed by atoms with Crippen molar-refractivity contribution in [2.24, 2.45) is 0 Å². The van der Waals surface area contributed by atoms with E-state index in [9.17, 15) is 13.2 Å². The van der Waals surface area contributed by atoms with Crippen LogP contribution in [0.15, 0.2) is 51.7 Å². The molecule has 0 fully saturated rings. The summed E-state index contributed by atoms with van der Waals surface area (Å²) in [5, 5.41) is 3.97. The first-order valence-electron chi connectivity index (χ1n) is 5.68. The Morgan fingerprint density at radius 1 is 1.15 bits per heavy atom. The number of fused-ring (bicyclic) bond motifs is 1. The summed E-state index contributed by atoms with van der Waals surface area (Å²) in [4.78, 5) is 15.1. The van der Waals surface area contributed by atoms with E-state index in [1.807, 2.05) is 6.07 Å². The highest BCUT2D eigenvalue weighted by atomic mass is 32.2. The maximum atomic E-state index is 12.3. The van der Waals surface area contributed by atoms with Gasteiger partial charge in [-0.15, -0.1) is 5.10 Å². The Morgan fingerprint density at radius 2 is 1.90 bits per heavy atom. The fraction of sp³-hybridized carbons (Fsp3) is 0.0833.